The van der Waals surface area contributed by atoms with Gasteiger partial charge in [0, 0.05) is 81.6 Å². The zero-order chi connectivity index (χ0) is 29.2. The highest BCUT2D eigenvalue weighted by Crippen LogP contribution is 2.30. The van der Waals surface area contributed by atoms with Gasteiger partial charge in [0.05, 0.1) is 6.04 Å². The van der Waals surface area contributed by atoms with Gasteiger partial charge in [-0.15, -0.1) is 0 Å². The van der Waals surface area contributed by atoms with Gasteiger partial charge in [0.2, 0.25) is 5.91 Å². The van der Waals surface area contributed by atoms with Gasteiger partial charge in [-0.05, 0) is 83.7 Å². The lowest BCUT2D eigenvalue weighted by molar-refractivity contribution is -0.131. The normalized spacial score (nSPS) is 22.9. The number of nitrogens with one attached hydrogen (secondary N) is 2. The SMILES string of the molecule is CC(C)(C)OC(=O)NCCC(=O)N(CCCN1CCN(CCCNC2=CC=NC3C=C(Cl)C=CC23)CC1)CC1CC1. The summed E-state index contributed by atoms with van der Waals surface area (Å²) in [5.41, 5.74) is 0.683. The van der Waals surface area contributed by atoms with E-state index >= 15 is 0 Å². The molecule has 2 unspecified atom stereocenters. The summed E-state index contributed by atoms with van der Waals surface area (Å²) in [6, 6.07) is 0.105. The maximum atomic E-state index is 12.9. The van der Waals surface area contributed by atoms with Gasteiger partial charge in [0.25, 0.3) is 0 Å². The van der Waals surface area contributed by atoms with Gasteiger partial charge in [-0.25, -0.2) is 4.79 Å². The smallest absolute Gasteiger partial charge is 0.407 e. The maximum Gasteiger partial charge on any atom is 0.407 e. The molecule has 0 bridgehead atoms. The maximum absolute atomic E-state index is 12.9. The van der Waals surface area contributed by atoms with Crippen LogP contribution in [0.4, 0.5) is 4.79 Å². The highest BCUT2D eigenvalue weighted by Gasteiger charge is 2.27. The molecule has 10 heteroatoms. The molecule has 228 valence electrons. The Morgan fingerprint density at radius 2 is 1.80 bits per heavy atom. The number of alkyl carbamates (subject to hydrolysis) is 1. The Kier molecular flexibility index (Phi) is 11.7. The number of rotatable bonds is 14. The summed E-state index contributed by atoms with van der Waals surface area (Å²) in [5.74, 6) is 1.03. The van der Waals surface area contributed by atoms with E-state index in [1.54, 1.807) is 0 Å². The van der Waals surface area contributed by atoms with E-state index in [2.05, 4.69) is 37.6 Å². The van der Waals surface area contributed by atoms with Crippen LogP contribution in [0, 0.1) is 11.8 Å². The standard InChI is InChI=1S/C31H49ClN6O3/c1-31(2,3)41-30(40)35-14-11-29(39)38(23-24-6-7-24)17-5-16-37-20-18-36(19-21-37)15-4-12-33-27-10-13-34-28-22-25(32)8-9-26(27)28/h8-10,13,22,24,26,28,33H,4-7,11-12,14-21,23H2,1-3H3,(H,35,40). The minimum atomic E-state index is -0.539. The number of piperazine rings is 1. The number of allylic oxidation sites excluding steroid dienone is 3. The highest BCUT2D eigenvalue weighted by atomic mass is 35.5. The Balaban J connectivity index is 1.07. The monoisotopic (exact) mass is 588 g/mol. The summed E-state index contributed by atoms with van der Waals surface area (Å²) < 4.78 is 5.27. The molecular weight excluding hydrogens is 540 g/mol. The van der Waals surface area contributed by atoms with Crippen molar-refractivity contribution in [3.63, 3.8) is 0 Å². The third-order valence-electron chi connectivity index (χ3n) is 7.91. The van der Waals surface area contributed by atoms with E-state index in [9.17, 15) is 9.59 Å². The van der Waals surface area contributed by atoms with Gasteiger partial charge >= 0.3 is 6.09 Å². The molecule has 4 rings (SSSR count). The van der Waals surface area contributed by atoms with Crippen molar-refractivity contribution < 1.29 is 14.3 Å². The molecule has 1 saturated heterocycles. The van der Waals surface area contributed by atoms with E-state index in [-0.39, 0.29) is 17.9 Å². The zero-order valence-electron chi connectivity index (χ0n) is 25.1. The fourth-order valence-electron chi connectivity index (χ4n) is 5.50. The number of halogens is 1. The topological polar surface area (TPSA) is 89.5 Å². The van der Waals surface area contributed by atoms with Crippen molar-refractivity contribution in [1.82, 2.24) is 25.3 Å². The van der Waals surface area contributed by atoms with Gasteiger partial charge < -0.3 is 30.1 Å². The molecule has 2 aliphatic heterocycles. The second kappa shape index (κ2) is 15.2. The Morgan fingerprint density at radius 1 is 1.10 bits per heavy atom. The number of hydrogen-bond acceptors (Lipinski definition) is 7. The van der Waals surface area contributed by atoms with Crippen molar-refractivity contribution in [1.29, 1.82) is 0 Å². The largest absolute Gasteiger partial charge is 0.444 e. The molecule has 0 aromatic heterocycles. The first-order chi connectivity index (χ1) is 19.7. The quantitative estimate of drug-likeness (QED) is 0.300. The van der Waals surface area contributed by atoms with E-state index < -0.39 is 11.7 Å². The Morgan fingerprint density at radius 3 is 2.49 bits per heavy atom. The Labute approximate surface area is 251 Å². The number of hydrogen-bond donors (Lipinski definition) is 2. The van der Waals surface area contributed by atoms with Crippen LogP contribution >= 0.6 is 11.6 Å². The molecule has 0 aromatic rings. The number of ether oxygens (including phenoxy) is 1. The van der Waals surface area contributed by atoms with E-state index in [0.717, 1.165) is 76.8 Å². The first-order valence-corrected chi connectivity index (χ1v) is 15.8. The average Bonchev–Trinajstić information content (AvgIpc) is 3.74. The molecule has 2 aliphatic carbocycles. The molecule has 1 saturated carbocycles. The van der Waals surface area contributed by atoms with Gasteiger partial charge in [0.1, 0.15) is 5.60 Å². The van der Waals surface area contributed by atoms with Crippen LogP contribution in [0.5, 0.6) is 0 Å². The number of aliphatic imine (C=N–C) groups is 1. The summed E-state index contributed by atoms with van der Waals surface area (Å²) in [6.45, 7) is 14.8. The third-order valence-corrected chi connectivity index (χ3v) is 8.17. The van der Waals surface area contributed by atoms with Gasteiger partial charge in [-0.1, -0.05) is 17.7 Å². The molecule has 2 N–H and O–H groups in total. The van der Waals surface area contributed by atoms with Gasteiger partial charge in [0.15, 0.2) is 0 Å². The molecule has 2 heterocycles. The van der Waals surface area contributed by atoms with Crippen molar-refractivity contribution in [2.45, 2.75) is 64.5 Å². The average molecular weight is 589 g/mol. The van der Waals surface area contributed by atoms with E-state index in [4.69, 9.17) is 16.3 Å². The third kappa shape index (κ3) is 11.1. The van der Waals surface area contributed by atoms with Gasteiger partial charge in [-0.3, -0.25) is 9.79 Å². The lowest BCUT2D eigenvalue weighted by atomic mass is 9.90. The van der Waals surface area contributed by atoms with Crippen LogP contribution in [0.15, 0.2) is 40.0 Å². The fourth-order valence-corrected chi connectivity index (χ4v) is 5.70. The van der Waals surface area contributed by atoms with Crippen LogP contribution in [0.1, 0.15) is 52.9 Å². The lowest BCUT2D eigenvalue weighted by Crippen LogP contribution is -2.47. The predicted molar refractivity (Wildman–Crippen MR) is 165 cm³/mol. The van der Waals surface area contributed by atoms with E-state index in [1.807, 2.05) is 44.0 Å². The molecule has 0 aromatic carbocycles. The zero-order valence-corrected chi connectivity index (χ0v) is 25.9. The summed E-state index contributed by atoms with van der Waals surface area (Å²) >= 11 is 6.14. The molecule has 0 radical (unpaired) electrons. The minimum Gasteiger partial charge on any atom is -0.444 e. The molecule has 2 fully saturated rings. The molecular formula is C31H49ClN6O3. The minimum absolute atomic E-state index is 0.105. The first kappa shape index (κ1) is 31.6. The molecule has 2 amide bonds. The van der Waals surface area contributed by atoms with Crippen LogP contribution in [-0.2, 0) is 9.53 Å². The number of amides is 2. The molecule has 41 heavy (non-hydrogen) atoms. The van der Waals surface area contributed by atoms with Crippen molar-refractivity contribution >= 4 is 29.8 Å². The molecule has 0 spiro atoms. The summed E-state index contributed by atoms with van der Waals surface area (Å²) in [7, 11) is 0. The first-order valence-electron chi connectivity index (χ1n) is 15.4. The van der Waals surface area contributed by atoms with Crippen molar-refractivity contribution in [3.8, 4) is 0 Å². The molecule has 9 nitrogen and oxygen atoms in total. The van der Waals surface area contributed by atoms with E-state index in [0.29, 0.717) is 18.9 Å². The predicted octanol–water partition coefficient (Wildman–Crippen LogP) is 3.77. The lowest BCUT2D eigenvalue weighted by Gasteiger charge is -2.35. The second-order valence-corrected chi connectivity index (χ2v) is 13.1. The van der Waals surface area contributed by atoms with Crippen LogP contribution < -0.4 is 10.6 Å². The summed E-state index contributed by atoms with van der Waals surface area (Å²) in [5, 5.41) is 7.10. The van der Waals surface area contributed by atoms with E-state index in [1.165, 1.54) is 18.5 Å². The number of dihydropyridines is 1. The van der Waals surface area contributed by atoms with Crippen LogP contribution in [0.3, 0.4) is 0 Å². The fraction of sp³-hybridized carbons (Fsp3) is 0.710. The number of carbonyl (C=O) groups is 2. The highest BCUT2D eigenvalue weighted by molar-refractivity contribution is 6.31. The number of nitrogens with zero attached hydrogens (tertiary/aromatic N) is 4. The Hall–Kier alpha value is -2.36. The second-order valence-electron chi connectivity index (χ2n) is 12.6. The van der Waals surface area contributed by atoms with Crippen molar-refractivity contribution in [2.24, 2.45) is 16.8 Å². The van der Waals surface area contributed by atoms with Crippen molar-refractivity contribution in [3.05, 3.63) is 35.0 Å². The van der Waals surface area contributed by atoms with Crippen LogP contribution in [0.2, 0.25) is 0 Å². The summed E-state index contributed by atoms with van der Waals surface area (Å²) in [6.07, 6.45) is 14.5. The molecule has 4 aliphatic rings. The number of carbonyl (C=O) groups excluding carboxylic acids is 2. The van der Waals surface area contributed by atoms with Crippen LogP contribution in [0.25, 0.3) is 0 Å². The number of fused-ring (bicyclic) bond motifs is 1. The summed E-state index contributed by atoms with van der Waals surface area (Å²) in [4.78, 5) is 36.4. The Bertz CT molecular complexity index is 1010. The molecule has 2 atom stereocenters. The van der Waals surface area contributed by atoms with Gasteiger partial charge in [-0.2, -0.15) is 0 Å². The van der Waals surface area contributed by atoms with Crippen LogP contribution in [-0.4, -0.2) is 110 Å². The van der Waals surface area contributed by atoms with Crippen molar-refractivity contribution in [2.75, 3.05) is 65.4 Å².